The van der Waals surface area contributed by atoms with E-state index in [1.165, 1.54) is 7.11 Å². The fourth-order valence-electron chi connectivity index (χ4n) is 1.67. The van der Waals surface area contributed by atoms with Crippen molar-refractivity contribution in [1.82, 2.24) is 9.78 Å². The van der Waals surface area contributed by atoms with Crippen LogP contribution in [0.2, 0.25) is 0 Å². The fraction of sp³-hybridized carbons (Fsp3) is 0.231. The number of aromatic nitrogens is 2. The largest absolute Gasteiger partial charge is 0.497 e. The van der Waals surface area contributed by atoms with E-state index >= 15 is 0 Å². The van der Waals surface area contributed by atoms with Gasteiger partial charge in [-0.1, -0.05) is 0 Å². The molecule has 5 nitrogen and oxygen atoms in total. The van der Waals surface area contributed by atoms with Crippen LogP contribution in [0.15, 0.2) is 30.5 Å². The summed E-state index contributed by atoms with van der Waals surface area (Å²) >= 11 is 0. The Hall–Kier alpha value is -2.30. The second-order valence-corrected chi connectivity index (χ2v) is 3.77. The zero-order valence-electron chi connectivity index (χ0n) is 10.5. The van der Waals surface area contributed by atoms with Crippen LogP contribution < -0.4 is 9.47 Å². The Labute approximate surface area is 105 Å². The molecule has 0 fully saturated rings. The van der Waals surface area contributed by atoms with Gasteiger partial charge in [0.15, 0.2) is 0 Å². The van der Waals surface area contributed by atoms with E-state index in [0.717, 1.165) is 0 Å². The molecular weight excluding hydrogens is 232 g/mol. The van der Waals surface area contributed by atoms with Crippen molar-refractivity contribution in [3.8, 4) is 11.5 Å². The summed E-state index contributed by atoms with van der Waals surface area (Å²) in [6.45, 7) is 0. The van der Waals surface area contributed by atoms with Crippen LogP contribution >= 0.6 is 0 Å². The Morgan fingerprint density at radius 1 is 1.22 bits per heavy atom. The first-order chi connectivity index (χ1) is 8.65. The number of methoxy groups -OCH3 is 2. The van der Waals surface area contributed by atoms with Gasteiger partial charge in [-0.15, -0.1) is 0 Å². The highest BCUT2D eigenvalue weighted by molar-refractivity contribution is 6.09. The second kappa shape index (κ2) is 4.91. The molecule has 18 heavy (non-hydrogen) atoms. The van der Waals surface area contributed by atoms with E-state index in [0.29, 0.717) is 22.8 Å². The Kier molecular flexibility index (Phi) is 3.32. The Balaban J connectivity index is 2.45. The number of hydrogen-bond acceptors (Lipinski definition) is 4. The van der Waals surface area contributed by atoms with Crippen molar-refractivity contribution in [3.05, 3.63) is 41.7 Å². The molecule has 5 heteroatoms. The van der Waals surface area contributed by atoms with Gasteiger partial charge in [-0.3, -0.25) is 9.48 Å². The number of rotatable bonds is 4. The average molecular weight is 246 g/mol. The average Bonchev–Trinajstić information content (AvgIpc) is 2.83. The van der Waals surface area contributed by atoms with Gasteiger partial charge in [-0.2, -0.15) is 5.10 Å². The maximum Gasteiger partial charge on any atom is 0.217 e. The van der Waals surface area contributed by atoms with Crippen LogP contribution in [0.25, 0.3) is 0 Å². The quantitative estimate of drug-likeness (QED) is 0.770. The standard InChI is InChI=1S/C13H14N2O3/c1-15-7-6-11(14-15)13(16)10-8-9(17-2)4-5-12(10)18-3/h4-8H,1-3H3. The lowest BCUT2D eigenvalue weighted by Crippen LogP contribution is -2.06. The van der Waals surface area contributed by atoms with Gasteiger partial charge in [0, 0.05) is 13.2 Å². The third-order valence-electron chi connectivity index (χ3n) is 2.60. The molecule has 0 amide bonds. The van der Waals surface area contributed by atoms with Gasteiger partial charge in [0.2, 0.25) is 5.78 Å². The number of aryl methyl sites for hydroxylation is 1. The minimum absolute atomic E-state index is 0.189. The van der Waals surface area contributed by atoms with E-state index in [2.05, 4.69) is 5.10 Å². The molecule has 2 aromatic rings. The van der Waals surface area contributed by atoms with E-state index < -0.39 is 0 Å². The predicted molar refractivity (Wildman–Crippen MR) is 66.2 cm³/mol. The SMILES string of the molecule is COc1ccc(OC)c(C(=O)c2ccn(C)n2)c1. The molecule has 0 aliphatic heterocycles. The lowest BCUT2D eigenvalue weighted by atomic mass is 10.1. The van der Waals surface area contributed by atoms with Crippen molar-refractivity contribution in [2.75, 3.05) is 14.2 Å². The number of ether oxygens (including phenoxy) is 2. The number of ketones is 1. The van der Waals surface area contributed by atoms with Crippen molar-refractivity contribution in [1.29, 1.82) is 0 Å². The molecular formula is C13H14N2O3. The van der Waals surface area contributed by atoms with Gasteiger partial charge >= 0.3 is 0 Å². The number of nitrogens with zero attached hydrogens (tertiary/aromatic N) is 2. The molecule has 1 aromatic carbocycles. The molecule has 0 spiro atoms. The van der Waals surface area contributed by atoms with E-state index in [1.54, 1.807) is 49.3 Å². The smallest absolute Gasteiger partial charge is 0.217 e. The number of benzene rings is 1. The third kappa shape index (κ3) is 2.20. The van der Waals surface area contributed by atoms with E-state index in [-0.39, 0.29) is 5.78 Å². The van der Waals surface area contributed by atoms with Crippen molar-refractivity contribution in [2.45, 2.75) is 0 Å². The van der Waals surface area contributed by atoms with Crippen molar-refractivity contribution in [3.63, 3.8) is 0 Å². The zero-order chi connectivity index (χ0) is 13.1. The summed E-state index contributed by atoms with van der Waals surface area (Å²) in [5, 5.41) is 4.09. The first-order valence-electron chi connectivity index (χ1n) is 5.42. The molecule has 0 unspecified atom stereocenters. The van der Waals surface area contributed by atoms with E-state index in [1.807, 2.05) is 0 Å². The van der Waals surface area contributed by atoms with Gasteiger partial charge < -0.3 is 9.47 Å². The van der Waals surface area contributed by atoms with Crippen molar-refractivity contribution >= 4 is 5.78 Å². The van der Waals surface area contributed by atoms with Gasteiger partial charge in [0.25, 0.3) is 0 Å². The monoisotopic (exact) mass is 246 g/mol. The minimum atomic E-state index is -0.189. The normalized spacial score (nSPS) is 10.2. The van der Waals surface area contributed by atoms with Gasteiger partial charge in [0.05, 0.1) is 19.8 Å². The summed E-state index contributed by atoms with van der Waals surface area (Å²) in [7, 11) is 4.84. The molecule has 1 aromatic heterocycles. The predicted octanol–water partition coefficient (Wildman–Crippen LogP) is 1.67. The summed E-state index contributed by atoms with van der Waals surface area (Å²) < 4.78 is 11.9. The van der Waals surface area contributed by atoms with Crippen LogP contribution in [-0.2, 0) is 7.05 Å². The first-order valence-corrected chi connectivity index (χ1v) is 5.42. The Morgan fingerprint density at radius 3 is 2.56 bits per heavy atom. The number of carbonyl (C=O) groups is 1. The maximum absolute atomic E-state index is 12.3. The van der Waals surface area contributed by atoms with Gasteiger partial charge in [-0.25, -0.2) is 0 Å². The molecule has 0 atom stereocenters. The molecule has 0 aliphatic carbocycles. The number of hydrogen-bond donors (Lipinski definition) is 0. The molecule has 0 bridgehead atoms. The molecule has 0 saturated heterocycles. The lowest BCUT2D eigenvalue weighted by molar-refractivity contribution is 0.103. The Morgan fingerprint density at radius 2 is 2.00 bits per heavy atom. The maximum atomic E-state index is 12.3. The lowest BCUT2D eigenvalue weighted by Gasteiger charge is -2.08. The van der Waals surface area contributed by atoms with Crippen LogP contribution in [-0.4, -0.2) is 29.8 Å². The van der Waals surface area contributed by atoms with E-state index in [9.17, 15) is 4.79 Å². The molecule has 1 heterocycles. The topological polar surface area (TPSA) is 53.4 Å². The highest BCUT2D eigenvalue weighted by Gasteiger charge is 2.17. The summed E-state index contributed by atoms with van der Waals surface area (Å²) in [5.74, 6) is 0.924. The molecule has 0 saturated carbocycles. The summed E-state index contributed by atoms with van der Waals surface area (Å²) in [6, 6.07) is 6.76. The summed E-state index contributed by atoms with van der Waals surface area (Å²) in [4.78, 5) is 12.3. The van der Waals surface area contributed by atoms with Gasteiger partial charge in [-0.05, 0) is 24.3 Å². The van der Waals surface area contributed by atoms with Crippen LogP contribution in [0.4, 0.5) is 0 Å². The molecule has 2 rings (SSSR count). The van der Waals surface area contributed by atoms with Crippen molar-refractivity contribution in [2.24, 2.45) is 7.05 Å². The van der Waals surface area contributed by atoms with Crippen LogP contribution in [0.5, 0.6) is 11.5 Å². The third-order valence-corrected chi connectivity index (χ3v) is 2.60. The number of carbonyl (C=O) groups excluding carboxylic acids is 1. The van der Waals surface area contributed by atoms with Crippen LogP contribution in [0.1, 0.15) is 16.1 Å². The van der Waals surface area contributed by atoms with E-state index in [4.69, 9.17) is 9.47 Å². The molecule has 0 radical (unpaired) electrons. The highest BCUT2D eigenvalue weighted by atomic mass is 16.5. The molecule has 0 N–H and O–H groups in total. The summed E-state index contributed by atoms with van der Waals surface area (Å²) in [5.41, 5.74) is 0.819. The van der Waals surface area contributed by atoms with Gasteiger partial charge in [0.1, 0.15) is 17.2 Å². The fourth-order valence-corrected chi connectivity index (χ4v) is 1.67. The Bertz CT molecular complexity index is 575. The highest BCUT2D eigenvalue weighted by Crippen LogP contribution is 2.25. The molecule has 94 valence electrons. The van der Waals surface area contributed by atoms with Crippen LogP contribution in [0.3, 0.4) is 0 Å². The minimum Gasteiger partial charge on any atom is -0.497 e. The first kappa shape index (κ1) is 12.2. The van der Waals surface area contributed by atoms with Crippen molar-refractivity contribution < 1.29 is 14.3 Å². The second-order valence-electron chi connectivity index (χ2n) is 3.77. The van der Waals surface area contributed by atoms with Crippen LogP contribution in [0, 0.1) is 0 Å². The molecule has 0 aliphatic rings. The summed E-state index contributed by atoms with van der Waals surface area (Å²) in [6.07, 6.45) is 1.72. The zero-order valence-corrected chi connectivity index (χ0v) is 10.5.